The molecule has 0 fully saturated rings. The second kappa shape index (κ2) is 7.40. The zero-order valence-corrected chi connectivity index (χ0v) is 11.7. The minimum Gasteiger partial charge on any atom is -0.495 e. The molecule has 0 spiro atoms. The lowest BCUT2D eigenvalue weighted by Crippen LogP contribution is -2.38. The van der Waals surface area contributed by atoms with Crippen LogP contribution in [-0.4, -0.2) is 42.2 Å². The van der Waals surface area contributed by atoms with Crippen molar-refractivity contribution in [3.8, 4) is 5.75 Å². The van der Waals surface area contributed by atoms with Crippen LogP contribution < -0.4 is 10.1 Å². The molecule has 108 valence electrons. The van der Waals surface area contributed by atoms with Crippen LogP contribution in [0.25, 0.3) is 0 Å². The molecule has 0 aromatic heterocycles. The number of benzene rings is 1. The van der Waals surface area contributed by atoms with E-state index in [0.717, 1.165) is 4.90 Å². The molecule has 2 amide bonds. The van der Waals surface area contributed by atoms with E-state index < -0.39 is 18.5 Å². The Morgan fingerprint density at radius 2 is 2.25 bits per heavy atom. The molecule has 2 N–H and O–H groups in total. The summed E-state index contributed by atoms with van der Waals surface area (Å²) in [6.07, 6.45) is 1.45. The zero-order chi connectivity index (χ0) is 15.1. The Bertz CT molecular complexity index is 519. The fourth-order valence-corrected chi connectivity index (χ4v) is 1.74. The third-order valence-corrected chi connectivity index (χ3v) is 2.66. The van der Waals surface area contributed by atoms with Crippen molar-refractivity contribution in [3.05, 3.63) is 35.9 Å². The number of hydrogen-bond donors (Lipinski definition) is 2. The van der Waals surface area contributed by atoms with E-state index in [9.17, 15) is 9.59 Å². The minimum absolute atomic E-state index is 0.127. The molecule has 1 aromatic carbocycles. The average molecular weight is 299 g/mol. The highest BCUT2D eigenvalue weighted by atomic mass is 35.5. The summed E-state index contributed by atoms with van der Waals surface area (Å²) in [5.74, 6) is -0.618. The van der Waals surface area contributed by atoms with Crippen molar-refractivity contribution in [1.29, 1.82) is 0 Å². The molecule has 1 aromatic rings. The summed E-state index contributed by atoms with van der Waals surface area (Å²) in [6, 6.07) is 4.18. The summed E-state index contributed by atoms with van der Waals surface area (Å²) in [6.45, 7) is 3.19. The van der Waals surface area contributed by atoms with Gasteiger partial charge < -0.3 is 20.1 Å². The Balaban J connectivity index is 2.79. The number of hydrogen-bond acceptors (Lipinski definition) is 3. The fourth-order valence-electron chi connectivity index (χ4n) is 1.49. The van der Waals surface area contributed by atoms with E-state index in [1.807, 2.05) is 0 Å². The van der Waals surface area contributed by atoms with Crippen molar-refractivity contribution in [2.45, 2.75) is 0 Å². The molecular formula is C13H15ClN2O4. The molecular weight excluding hydrogens is 284 g/mol. The van der Waals surface area contributed by atoms with E-state index in [2.05, 4.69) is 11.9 Å². The monoisotopic (exact) mass is 298 g/mol. The lowest BCUT2D eigenvalue weighted by atomic mass is 10.3. The number of halogens is 1. The molecule has 0 bridgehead atoms. The van der Waals surface area contributed by atoms with Gasteiger partial charge in [-0.25, -0.2) is 4.79 Å². The number of aliphatic carboxylic acids is 1. The Hall–Kier alpha value is -2.21. The molecule has 0 aliphatic rings. The Morgan fingerprint density at radius 3 is 2.75 bits per heavy atom. The summed E-state index contributed by atoms with van der Waals surface area (Å²) in [7, 11) is 1.48. The van der Waals surface area contributed by atoms with Crippen LogP contribution in [-0.2, 0) is 4.79 Å². The zero-order valence-electron chi connectivity index (χ0n) is 10.9. The fraction of sp³-hybridized carbons (Fsp3) is 0.231. The number of amides is 2. The molecule has 0 saturated carbocycles. The van der Waals surface area contributed by atoms with E-state index in [1.165, 1.54) is 19.3 Å². The molecule has 0 saturated heterocycles. The van der Waals surface area contributed by atoms with Crippen LogP contribution in [0.2, 0.25) is 5.02 Å². The normalized spacial score (nSPS) is 9.70. The number of rotatable bonds is 6. The molecule has 0 unspecified atom stereocenters. The van der Waals surface area contributed by atoms with Gasteiger partial charge in [0, 0.05) is 12.2 Å². The number of carbonyl (C=O) groups excluding carboxylic acids is 1. The maximum atomic E-state index is 11.9. The summed E-state index contributed by atoms with van der Waals surface area (Å²) >= 11 is 5.94. The molecule has 1 rings (SSSR count). The molecule has 0 aliphatic carbocycles. The number of urea groups is 1. The average Bonchev–Trinajstić information content (AvgIpc) is 2.38. The van der Waals surface area contributed by atoms with Gasteiger partial charge >= 0.3 is 12.0 Å². The second-order valence-corrected chi connectivity index (χ2v) is 4.25. The van der Waals surface area contributed by atoms with E-state index >= 15 is 0 Å². The summed E-state index contributed by atoms with van der Waals surface area (Å²) in [5, 5.41) is 11.7. The molecule has 0 heterocycles. The van der Waals surface area contributed by atoms with E-state index in [-0.39, 0.29) is 6.54 Å². The number of carbonyl (C=O) groups is 2. The minimum atomic E-state index is -1.10. The van der Waals surface area contributed by atoms with Crippen molar-refractivity contribution in [2.75, 3.05) is 25.5 Å². The highest BCUT2D eigenvalue weighted by Gasteiger charge is 2.15. The van der Waals surface area contributed by atoms with Gasteiger partial charge in [0.15, 0.2) is 0 Å². The first kappa shape index (κ1) is 15.8. The summed E-state index contributed by atoms with van der Waals surface area (Å²) in [4.78, 5) is 23.7. The lowest BCUT2D eigenvalue weighted by molar-refractivity contribution is -0.137. The topological polar surface area (TPSA) is 78.9 Å². The first-order valence-corrected chi connectivity index (χ1v) is 6.08. The van der Waals surface area contributed by atoms with Crippen LogP contribution in [0.4, 0.5) is 10.5 Å². The van der Waals surface area contributed by atoms with Crippen molar-refractivity contribution < 1.29 is 19.4 Å². The highest BCUT2D eigenvalue weighted by Crippen LogP contribution is 2.27. The summed E-state index contributed by atoms with van der Waals surface area (Å²) in [5.41, 5.74) is 0.445. The van der Waals surface area contributed by atoms with Crippen LogP contribution in [0.15, 0.2) is 30.9 Å². The van der Waals surface area contributed by atoms with Gasteiger partial charge in [0.2, 0.25) is 0 Å². The maximum Gasteiger partial charge on any atom is 0.323 e. The van der Waals surface area contributed by atoms with Gasteiger partial charge in [0.25, 0.3) is 0 Å². The Morgan fingerprint density at radius 1 is 1.55 bits per heavy atom. The quantitative estimate of drug-likeness (QED) is 0.791. The smallest absolute Gasteiger partial charge is 0.323 e. The predicted octanol–water partition coefficient (Wildman–Crippen LogP) is 2.45. The van der Waals surface area contributed by atoms with Crippen LogP contribution in [0.3, 0.4) is 0 Å². The maximum absolute atomic E-state index is 11.9. The number of anilines is 1. The molecule has 7 heteroatoms. The standard InChI is InChI=1S/C13H15ClN2O4/c1-3-6-16(8-12(17)18)13(19)15-9-4-5-11(20-2)10(14)7-9/h3-5,7H,1,6,8H2,2H3,(H,15,19)(H,17,18). The molecule has 0 radical (unpaired) electrons. The number of carboxylic acid groups (broad SMARTS) is 1. The Kier molecular flexibility index (Phi) is 5.86. The number of nitrogens with zero attached hydrogens (tertiary/aromatic N) is 1. The van der Waals surface area contributed by atoms with E-state index in [1.54, 1.807) is 12.1 Å². The first-order chi connectivity index (χ1) is 9.47. The molecule has 0 aliphatic heterocycles. The molecule has 6 nitrogen and oxygen atoms in total. The van der Waals surface area contributed by atoms with Crippen molar-refractivity contribution >= 4 is 29.3 Å². The van der Waals surface area contributed by atoms with Gasteiger partial charge in [0.1, 0.15) is 12.3 Å². The summed E-state index contributed by atoms with van der Waals surface area (Å²) < 4.78 is 5.00. The van der Waals surface area contributed by atoms with Crippen LogP contribution in [0, 0.1) is 0 Å². The van der Waals surface area contributed by atoms with Crippen molar-refractivity contribution in [2.24, 2.45) is 0 Å². The third kappa shape index (κ3) is 4.47. The largest absolute Gasteiger partial charge is 0.495 e. The second-order valence-electron chi connectivity index (χ2n) is 3.84. The van der Waals surface area contributed by atoms with Crippen LogP contribution in [0.5, 0.6) is 5.75 Å². The number of methoxy groups -OCH3 is 1. The SMILES string of the molecule is C=CCN(CC(=O)O)C(=O)Nc1ccc(OC)c(Cl)c1. The van der Waals surface area contributed by atoms with Gasteiger partial charge in [-0.15, -0.1) is 6.58 Å². The number of carboxylic acids is 1. The number of nitrogens with one attached hydrogen (secondary N) is 1. The van der Waals surface area contributed by atoms with E-state index in [0.29, 0.717) is 16.5 Å². The first-order valence-electron chi connectivity index (χ1n) is 5.70. The molecule has 0 atom stereocenters. The van der Waals surface area contributed by atoms with Gasteiger partial charge in [-0.1, -0.05) is 17.7 Å². The lowest BCUT2D eigenvalue weighted by Gasteiger charge is -2.19. The third-order valence-electron chi connectivity index (χ3n) is 2.37. The van der Waals surface area contributed by atoms with Crippen LogP contribution >= 0.6 is 11.6 Å². The molecule has 20 heavy (non-hydrogen) atoms. The predicted molar refractivity (Wildman–Crippen MR) is 76.4 cm³/mol. The Labute approximate surface area is 121 Å². The van der Waals surface area contributed by atoms with Crippen molar-refractivity contribution in [3.63, 3.8) is 0 Å². The van der Waals surface area contributed by atoms with E-state index in [4.69, 9.17) is 21.4 Å². The van der Waals surface area contributed by atoms with Gasteiger partial charge in [-0.05, 0) is 18.2 Å². The van der Waals surface area contributed by atoms with Crippen molar-refractivity contribution in [1.82, 2.24) is 4.90 Å². The van der Waals surface area contributed by atoms with Gasteiger partial charge in [0.05, 0.1) is 12.1 Å². The van der Waals surface area contributed by atoms with Crippen LogP contribution in [0.1, 0.15) is 0 Å². The van der Waals surface area contributed by atoms with Gasteiger partial charge in [-0.3, -0.25) is 4.79 Å². The van der Waals surface area contributed by atoms with Gasteiger partial charge in [-0.2, -0.15) is 0 Å². The highest BCUT2D eigenvalue weighted by molar-refractivity contribution is 6.32. The number of ether oxygens (including phenoxy) is 1.